The van der Waals surface area contributed by atoms with E-state index in [-0.39, 0.29) is 22.6 Å². The van der Waals surface area contributed by atoms with E-state index in [2.05, 4.69) is 9.71 Å². The number of amides is 2. The van der Waals surface area contributed by atoms with E-state index in [4.69, 9.17) is 0 Å². The van der Waals surface area contributed by atoms with Crippen molar-refractivity contribution in [3.63, 3.8) is 0 Å². The lowest BCUT2D eigenvalue weighted by atomic mass is 9.95. The predicted molar refractivity (Wildman–Crippen MR) is 121 cm³/mol. The Morgan fingerprint density at radius 3 is 2.47 bits per heavy atom. The number of likely N-dealkylation sites (tertiary alicyclic amines) is 1. The van der Waals surface area contributed by atoms with E-state index in [1.165, 1.54) is 0 Å². The van der Waals surface area contributed by atoms with Crippen LogP contribution in [0.1, 0.15) is 31.2 Å². The van der Waals surface area contributed by atoms with E-state index in [1.807, 2.05) is 29.2 Å². The molecule has 2 aromatic rings. The Morgan fingerprint density at radius 1 is 1.00 bits per heavy atom. The minimum absolute atomic E-state index is 0.0765. The monoisotopic (exact) mass is 452 g/mol. The number of benzene rings is 2. The molecule has 166 valence electrons. The van der Waals surface area contributed by atoms with E-state index < -0.39 is 10.0 Å². The van der Waals surface area contributed by atoms with E-state index in [1.54, 1.807) is 29.2 Å². The van der Waals surface area contributed by atoms with Gasteiger partial charge >= 0.3 is 0 Å². The van der Waals surface area contributed by atoms with Gasteiger partial charge in [-0.3, -0.25) is 9.59 Å². The standard InChI is InChI=1S/C23H24N4O4S/c28-21-10-5-13-27(21)19-8-3-2-7-18(19)24-23(29)16-11-14-26(15-12-16)22-17-6-1-4-9-20(17)32(30,31)25-22/h1-4,6-9,16H,5,10-15H2,(H,24,29). The van der Waals surface area contributed by atoms with Gasteiger partial charge in [-0.25, -0.2) is 0 Å². The lowest BCUT2D eigenvalue weighted by molar-refractivity contribution is -0.121. The summed E-state index contributed by atoms with van der Waals surface area (Å²) in [6.07, 6.45) is 2.54. The summed E-state index contributed by atoms with van der Waals surface area (Å²) in [7, 11) is -3.66. The molecular formula is C23H24N4O4S. The van der Waals surface area contributed by atoms with Gasteiger partial charge in [-0.05, 0) is 43.5 Å². The van der Waals surface area contributed by atoms with Crippen molar-refractivity contribution in [3.05, 3.63) is 54.1 Å². The minimum Gasteiger partial charge on any atom is -0.355 e. The molecule has 3 aliphatic rings. The van der Waals surface area contributed by atoms with Crippen LogP contribution in [0.2, 0.25) is 0 Å². The first-order valence-corrected chi connectivity index (χ1v) is 12.3. The lowest BCUT2D eigenvalue weighted by Gasteiger charge is -2.32. The van der Waals surface area contributed by atoms with E-state index in [0.717, 1.165) is 12.1 Å². The molecule has 3 heterocycles. The van der Waals surface area contributed by atoms with Gasteiger partial charge in [0, 0.05) is 37.5 Å². The second kappa shape index (κ2) is 8.05. The number of fused-ring (bicyclic) bond motifs is 1. The van der Waals surface area contributed by atoms with Crippen molar-refractivity contribution in [1.82, 2.24) is 4.90 Å². The Morgan fingerprint density at radius 2 is 1.72 bits per heavy atom. The quantitative estimate of drug-likeness (QED) is 0.772. The molecule has 3 aliphatic heterocycles. The largest absolute Gasteiger partial charge is 0.355 e. The van der Waals surface area contributed by atoms with Gasteiger partial charge in [0.05, 0.1) is 11.4 Å². The van der Waals surface area contributed by atoms with E-state index >= 15 is 0 Å². The Balaban J connectivity index is 1.26. The summed E-state index contributed by atoms with van der Waals surface area (Å²) < 4.78 is 28.7. The van der Waals surface area contributed by atoms with Gasteiger partial charge in [0.15, 0.2) is 5.84 Å². The molecule has 0 aliphatic carbocycles. The van der Waals surface area contributed by atoms with Crippen molar-refractivity contribution in [1.29, 1.82) is 0 Å². The predicted octanol–water partition coefficient (Wildman–Crippen LogP) is 2.61. The minimum atomic E-state index is -3.66. The topological polar surface area (TPSA) is 99.2 Å². The summed E-state index contributed by atoms with van der Waals surface area (Å²) in [4.78, 5) is 29.1. The molecule has 0 bridgehead atoms. The second-order valence-corrected chi connectivity index (χ2v) is 9.88. The normalized spacial score (nSPS) is 20.2. The van der Waals surface area contributed by atoms with Gasteiger partial charge in [-0.15, -0.1) is 4.40 Å². The molecule has 2 amide bonds. The van der Waals surface area contributed by atoms with Gasteiger partial charge in [0.2, 0.25) is 11.8 Å². The molecule has 0 atom stereocenters. The van der Waals surface area contributed by atoms with Crippen molar-refractivity contribution in [3.8, 4) is 0 Å². The molecule has 0 spiro atoms. The number of nitrogens with zero attached hydrogens (tertiary/aromatic N) is 3. The third-order valence-corrected chi connectivity index (χ3v) is 7.63. The Hall–Kier alpha value is -3.20. The lowest BCUT2D eigenvalue weighted by Crippen LogP contribution is -2.41. The van der Waals surface area contributed by atoms with Crippen LogP contribution in [-0.2, 0) is 19.6 Å². The first-order valence-electron chi connectivity index (χ1n) is 10.8. The Bertz CT molecular complexity index is 1220. The number of amidine groups is 1. The molecule has 0 unspecified atom stereocenters. The van der Waals surface area contributed by atoms with Crippen LogP contribution < -0.4 is 10.2 Å². The van der Waals surface area contributed by atoms with Crippen LogP contribution in [0.15, 0.2) is 57.8 Å². The highest BCUT2D eigenvalue weighted by molar-refractivity contribution is 7.90. The smallest absolute Gasteiger partial charge is 0.285 e. The summed E-state index contributed by atoms with van der Waals surface area (Å²) in [5.41, 5.74) is 2.01. The van der Waals surface area contributed by atoms with Crippen molar-refractivity contribution in [2.75, 3.05) is 29.9 Å². The van der Waals surface area contributed by atoms with Gasteiger partial charge in [-0.2, -0.15) is 8.42 Å². The van der Waals surface area contributed by atoms with Gasteiger partial charge in [0.25, 0.3) is 10.0 Å². The third kappa shape index (κ3) is 3.66. The SMILES string of the molecule is O=C(Nc1ccccc1N1CCCC1=O)C1CCN(C2=NS(=O)(=O)c3ccccc32)CC1. The summed E-state index contributed by atoms with van der Waals surface area (Å²) in [5.74, 6) is 0.275. The Labute approximate surface area is 187 Å². The second-order valence-electron chi connectivity index (χ2n) is 8.30. The molecule has 2 saturated heterocycles. The fourth-order valence-electron chi connectivity index (χ4n) is 4.62. The van der Waals surface area contributed by atoms with Crippen molar-refractivity contribution >= 4 is 39.0 Å². The highest BCUT2D eigenvalue weighted by atomic mass is 32.2. The molecule has 2 aromatic carbocycles. The molecular weight excluding hydrogens is 428 g/mol. The zero-order valence-electron chi connectivity index (χ0n) is 17.5. The first kappa shape index (κ1) is 20.7. The number of carbonyl (C=O) groups is 2. The number of anilines is 2. The molecule has 1 N–H and O–H groups in total. The molecule has 0 radical (unpaired) electrons. The van der Waals surface area contributed by atoms with Gasteiger partial charge < -0.3 is 15.1 Å². The fraction of sp³-hybridized carbons (Fsp3) is 0.348. The van der Waals surface area contributed by atoms with Crippen LogP contribution in [-0.4, -0.2) is 50.6 Å². The van der Waals surface area contributed by atoms with Crippen LogP contribution in [0.5, 0.6) is 0 Å². The number of sulfonamides is 1. The number of para-hydroxylation sites is 2. The molecule has 32 heavy (non-hydrogen) atoms. The number of carbonyl (C=O) groups excluding carboxylic acids is 2. The highest BCUT2D eigenvalue weighted by Gasteiger charge is 2.34. The number of hydrogen-bond donors (Lipinski definition) is 1. The number of piperidine rings is 1. The van der Waals surface area contributed by atoms with Gasteiger partial charge in [-0.1, -0.05) is 24.3 Å². The summed E-state index contributed by atoms with van der Waals surface area (Å²) in [6.45, 7) is 1.76. The molecule has 0 saturated carbocycles. The molecule has 9 heteroatoms. The summed E-state index contributed by atoms with van der Waals surface area (Å²) in [6, 6.07) is 14.2. The van der Waals surface area contributed by atoms with E-state index in [0.29, 0.717) is 56.0 Å². The van der Waals surface area contributed by atoms with Crippen LogP contribution in [0.25, 0.3) is 0 Å². The molecule has 8 nitrogen and oxygen atoms in total. The summed E-state index contributed by atoms with van der Waals surface area (Å²) >= 11 is 0. The highest BCUT2D eigenvalue weighted by Crippen LogP contribution is 2.32. The zero-order valence-corrected chi connectivity index (χ0v) is 18.3. The van der Waals surface area contributed by atoms with Crippen molar-refractivity contribution in [2.45, 2.75) is 30.6 Å². The maximum atomic E-state index is 13.0. The molecule has 0 aromatic heterocycles. The molecule has 2 fully saturated rings. The number of nitrogens with one attached hydrogen (secondary N) is 1. The van der Waals surface area contributed by atoms with Crippen molar-refractivity contribution in [2.24, 2.45) is 10.3 Å². The number of rotatable bonds is 3. The fourth-order valence-corrected chi connectivity index (χ4v) is 5.85. The third-order valence-electron chi connectivity index (χ3n) is 6.30. The van der Waals surface area contributed by atoms with E-state index in [9.17, 15) is 18.0 Å². The first-order chi connectivity index (χ1) is 15.4. The van der Waals surface area contributed by atoms with Crippen LogP contribution >= 0.6 is 0 Å². The molecule has 5 rings (SSSR count). The average molecular weight is 453 g/mol. The van der Waals surface area contributed by atoms with Crippen LogP contribution in [0.3, 0.4) is 0 Å². The maximum Gasteiger partial charge on any atom is 0.285 e. The summed E-state index contributed by atoms with van der Waals surface area (Å²) in [5, 5.41) is 3.01. The van der Waals surface area contributed by atoms with Crippen LogP contribution in [0.4, 0.5) is 11.4 Å². The average Bonchev–Trinajstić information content (AvgIpc) is 3.35. The Kier molecular flexibility index (Phi) is 5.21. The van der Waals surface area contributed by atoms with Crippen molar-refractivity contribution < 1.29 is 18.0 Å². The van der Waals surface area contributed by atoms with Gasteiger partial charge in [0.1, 0.15) is 4.90 Å². The zero-order chi connectivity index (χ0) is 22.3. The van der Waals surface area contributed by atoms with Crippen LogP contribution in [0, 0.1) is 5.92 Å². The maximum absolute atomic E-state index is 13.0. The number of hydrogen-bond acceptors (Lipinski definition) is 5.